The quantitative estimate of drug-likeness (QED) is 0.625. The van der Waals surface area contributed by atoms with E-state index in [-0.39, 0.29) is 22.7 Å². The Morgan fingerprint density at radius 1 is 1.05 bits per heavy atom. The third-order valence-electron chi connectivity index (χ3n) is 3.47. The van der Waals surface area contributed by atoms with Crippen molar-refractivity contribution in [2.24, 2.45) is 0 Å². The molecule has 0 aromatic heterocycles. The molecular formula is C16H17BrN2O2. The molecule has 0 heterocycles. The number of hydrogen-bond donors (Lipinski definition) is 1. The molecule has 2 rings (SSSR count). The van der Waals surface area contributed by atoms with Crippen LogP contribution in [0.3, 0.4) is 0 Å². The van der Waals surface area contributed by atoms with Crippen molar-refractivity contribution in [1.29, 1.82) is 0 Å². The van der Waals surface area contributed by atoms with Crippen LogP contribution in [-0.4, -0.2) is 4.92 Å². The number of nitrogens with one attached hydrogen (secondary N) is 1. The number of nitro groups is 1. The van der Waals surface area contributed by atoms with Crippen molar-refractivity contribution >= 4 is 21.6 Å². The normalized spacial score (nSPS) is 13.7. The van der Waals surface area contributed by atoms with Gasteiger partial charge in [-0.1, -0.05) is 46.3 Å². The zero-order valence-corrected chi connectivity index (χ0v) is 13.5. The van der Waals surface area contributed by atoms with E-state index in [2.05, 4.69) is 28.2 Å². The topological polar surface area (TPSA) is 55.2 Å². The minimum absolute atomic E-state index is 0.105. The summed E-state index contributed by atoms with van der Waals surface area (Å²) in [7, 11) is 0. The molecular weight excluding hydrogens is 332 g/mol. The second-order valence-electron chi connectivity index (χ2n) is 4.98. The van der Waals surface area contributed by atoms with Crippen LogP contribution in [0.5, 0.6) is 0 Å². The summed E-state index contributed by atoms with van der Waals surface area (Å²) in [4.78, 5) is 10.8. The Balaban J connectivity index is 2.16. The fourth-order valence-electron chi connectivity index (χ4n) is 2.33. The van der Waals surface area contributed by atoms with Crippen molar-refractivity contribution in [1.82, 2.24) is 5.32 Å². The molecule has 0 aliphatic carbocycles. The summed E-state index contributed by atoms with van der Waals surface area (Å²) in [6, 6.07) is 14.9. The van der Waals surface area contributed by atoms with Gasteiger partial charge in [-0.05, 0) is 31.5 Å². The number of hydrogen-bond acceptors (Lipinski definition) is 3. The van der Waals surface area contributed by atoms with E-state index in [1.54, 1.807) is 12.1 Å². The van der Waals surface area contributed by atoms with Crippen LogP contribution in [0.2, 0.25) is 0 Å². The van der Waals surface area contributed by atoms with Crippen molar-refractivity contribution < 1.29 is 4.92 Å². The molecule has 0 amide bonds. The highest BCUT2D eigenvalue weighted by atomic mass is 79.9. The molecule has 0 bridgehead atoms. The van der Waals surface area contributed by atoms with Crippen LogP contribution in [0.15, 0.2) is 53.0 Å². The largest absolute Gasteiger partial charge is 0.303 e. The van der Waals surface area contributed by atoms with Gasteiger partial charge in [-0.2, -0.15) is 0 Å². The van der Waals surface area contributed by atoms with Gasteiger partial charge in [0.25, 0.3) is 5.69 Å². The minimum atomic E-state index is -0.336. The molecule has 21 heavy (non-hydrogen) atoms. The molecule has 2 atom stereocenters. The summed E-state index contributed by atoms with van der Waals surface area (Å²) in [5, 5.41) is 14.5. The third kappa shape index (κ3) is 3.89. The van der Waals surface area contributed by atoms with Gasteiger partial charge in [-0.15, -0.1) is 0 Å². The van der Waals surface area contributed by atoms with Gasteiger partial charge in [0.05, 0.1) is 4.92 Å². The summed E-state index contributed by atoms with van der Waals surface area (Å²) in [6.45, 7) is 3.99. The van der Waals surface area contributed by atoms with Crippen LogP contribution in [0.4, 0.5) is 5.69 Å². The Morgan fingerprint density at radius 3 is 2.29 bits per heavy atom. The Hall–Kier alpha value is -1.72. The fourth-order valence-corrected chi connectivity index (χ4v) is 2.60. The number of halogens is 1. The van der Waals surface area contributed by atoms with Crippen molar-refractivity contribution in [3.63, 3.8) is 0 Å². The molecule has 0 spiro atoms. The van der Waals surface area contributed by atoms with E-state index in [0.29, 0.717) is 5.56 Å². The Labute approximate surface area is 132 Å². The van der Waals surface area contributed by atoms with Crippen molar-refractivity contribution in [3.05, 3.63) is 74.2 Å². The molecule has 0 saturated carbocycles. The van der Waals surface area contributed by atoms with Crippen LogP contribution < -0.4 is 5.32 Å². The van der Waals surface area contributed by atoms with E-state index >= 15 is 0 Å². The number of para-hydroxylation sites is 1. The lowest BCUT2D eigenvalue weighted by molar-refractivity contribution is -0.385. The van der Waals surface area contributed by atoms with Gasteiger partial charge >= 0.3 is 0 Å². The summed E-state index contributed by atoms with van der Waals surface area (Å²) >= 11 is 3.41. The van der Waals surface area contributed by atoms with E-state index in [1.807, 2.05) is 37.3 Å². The zero-order valence-electron chi connectivity index (χ0n) is 11.9. The standard InChI is InChI=1S/C16H17BrN2O2/c1-11(13-7-9-14(17)10-8-13)18-12(2)15-5-3-4-6-16(15)19(20)21/h3-12,18H,1-2H3/t11-,12?/m1/s1. The first kappa shape index (κ1) is 15.7. The Kier molecular flexibility index (Phi) is 5.09. The van der Waals surface area contributed by atoms with Crippen LogP contribution >= 0.6 is 15.9 Å². The number of benzene rings is 2. The monoisotopic (exact) mass is 348 g/mol. The molecule has 1 N–H and O–H groups in total. The van der Waals surface area contributed by atoms with Gasteiger partial charge < -0.3 is 5.32 Å². The summed E-state index contributed by atoms with van der Waals surface area (Å²) in [5.74, 6) is 0. The highest BCUT2D eigenvalue weighted by molar-refractivity contribution is 9.10. The van der Waals surface area contributed by atoms with Crippen LogP contribution in [0.25, 0.3) is 0 Å². The summed E-state index contributed by atoms with van der Waals surface area (Å²) < 4.78 is 1.03. The van der Waals surface area contributed by atoms with Gasteiger partial charge in [0.1, 0.15) is 0 Å². The zero-order chi connectivity index (χ0) is 15.4. The number of nitrogens with zero attached hydrogens (tertiary/aromatic N) is 1. The van der Waals surface area contributed by atoms with Crippen molar-refractivity contribution in [2.75, 3.05) is 0 Å². The number of rotatable bonds is 5. The maximum absolute atomic E-state index is 11.1. The second kappa shape index (κ2) is 6.83. The molecule has 0 aliphatic rings. The first-order chi connectivity index (χ1) is 9.99. The molecule has 5 heteroatoms. The minimum Gasteiger partial charge on any atom is -0.303 e. The van der Waals surface area contributed by atoms with E-state index in [0.717, 1.165) is 10.0 Å². The van der Waals surface area contributed by atoms with Gasteiger partial charge in [0.2, 0.25) is 0 Å². The molecule has 0 saturated heterocycles. The third-order valence-corrected chi connectivity index (χ3v) is 4.00. The maximum Gasteiger partial charge on any atom is 0.274 e. The molecule has 0 radical (unpaired) electrons. The molecule has 4 nitrogen and oxygen atoms in total. The van der Waals surface area contributed by atoms with Crippen LogP contribution in [-0.2, 0) is 0 Å². The highest BCUT2D eigenvalue weighted by Crippen LogP contribution is 2.27. The average Bonchev–Trinajstić information content (AvgIpc) is 2.47. The number of nitro benzene ring substituents is 1. The van der Waals surface area contributed by atoms with Gasteiger partial charge in [-0.3, -0.25) is 10.1 Å². The van der Waals surface area contributed by atoms with Crippen molar-refractivity contribution in [2.45, 2.75) is 25.9 Å². The summed E-state index contributed by atoms with van der Waals surface area (Å²) in [5.41, 5.74) is 2.00. The smallest absolute Gasteiger partial charge is 0.274 e. The lowest BCUT2D eigenvalue weighted by atomic mass is 10.0. The predicted octanol–water partition coefficient (Wildman–Crippen LogP) is 4.77. The molecule has 110 valence electrons. The Morgan fingerprint density at radius 2 is 1.67 bits per heavy atom. The van der Waals surface area contributed by atoms with Gasteiger partial charge in [-0.25, -0.2) is 0 Å². The molecule has 0 aliphatic heterocycles. The van der Waals surface area contributed by atoms with E-state index in [1.165, 1.54) is 6.07 Å². The van der Waals surface area contributed by atoms with Crippen LogP contribution in [0, 0.1) is 10.1 Å². The lowest BCUT2D eigenvalue weighted by Gasteiger charge is -2.20. The molecule has 1 unspecified atom stereocenters. The van der Waals surface area contributed by atoms with E-state index < -0.39 is 0 Å². The Bertz CT molecular complexity index is 628. The van der Waals surface area contributed by atoms with Crippen LogP contribution in [0.1, 0.15) is 37.1 Å². The summed E-state index contributed by atoms with van der Waals surface area (Å²) in [6.07, 6.45) is 0. The molecule has 2 aromatic carbocycles. The molecule has 0 fully saturated rings. The fraction of sp³-hybridized carbons (Fsp3) is 0.250. The lowest BCUT2D eigenvalue weighted by Crippen LogP contribution is -2.23. The maximum atomic E-state index is 11.1. The average molecular weight is 349 g/mol. The first-order valence-corrected chi connectivity index (χ1v) is 7.53. The van der Waals surface area contributed by atoms with Gasteiger partial charge in [0.15, 0.2) is 0 Å². The predicted molar refractivity (Wildman–Crippen MR) is 87.2 cm³/mol. The first-order valence-electron chi connectivity index (χ1n) is 6.74. The second-order valence-corrected chi connectivity index (χ2v) is 5.89. The molecule has 2 aromatic rings. The van der Waals surface area contributed by atoms with E-state index in [4.69, 9.17) is 0 Å². The van der Waals surface area contributed by atoms with Gasteiger partial charge in [0, 0.05) is 28.2 Å². The highest BCUT2D eigenvalue weighted by Gasteiger charge is 2.19. The van der Waals surface area contributed by atoms with E-state index in [9.17, 15) is 10.1 Å². The van der Waals surface area contributed by atoms with Crippen molar-refractivity contribution in [3.8, 4) is 0 Å². The SMILES string of the molecule is CC(N[C@H](C)c1ccc(Br)cc1)c1ccccc1[N+](=O)[O-].